The van der Waals surface area contributed by atoms with Crippen LogP contribution in [0.5, 0.6) is 0 Å². The summed E-state index contributed by atoms with van der Waals surface area (Å²) in [6.07, 6.45) is 9.45. The molecule has 1 N–H and O–H groups in total. The number of esters is 1. The van der Waals surface area contributed by atoms with E-state index in [1.54, 1.807) is 6.26 Å². The Bertz CT molecular complexity index is 682. The van der Waals surface area contributed by atoms with Crippen LogP contribution >= 0.6 is 0 Å². The second-order valence-corrected chi connectivity index (χ2v) is 9.33. The second kappa shape index (κ2) is 7.46. The van der Waals surface area contributed by atoms with Crippen molar-refractivity contribution in [2.45, 2.75) is 70.9 Å². The molecule has 0 aromatic carbocycles. The summed E-state index contributed by atoms with van der Waals surface area (Å²) in [6, 6.07) is 4.29. The molecule has 148 valence electrons. The molecular weight excluding hydrogens is 338 g/mol. The lowest BCUT2D eigenvalue weighted by molar-refractivity contribution is -0.146. The lowest BCUT2D eigenvalue weighted by Gasteiger charge is -2.50. The van der Waals surface area contributed by atoms with E-state index in [1.165, 1.54) is 18.4 Å². The molecule has 6 atom stereocenters. The summed E-state index contributed by atoms with van der Waals surface area (Å²) in [5.74, 6) is 1.91. The fourth-order valence-electron chi connectivity index (χ4n) is 5.73. The highest BCUT2D eigenvalue weighted by Crippen LogP contribution is 2.56. The van der Waals surface area contributed by atoms with E-state index in [1.807, 2.05) is 12.1 Å². The van der Waals surface area contributed by atoms with Crippen LogP contribution in [0, 0.1) is 23.2 Å². The number of rotatable bonds is 6. The molecule has 2 saturated carbocycles. The highest BCUT2D eigenvalue weighted by atomic mass is 16.6. The SMILES string of the molecule is C=C1CCC[C@]2(C)C[C@@H]3OC(=O)[C@H](CN[C@H](C)CCc4ccco4)[C@@H]3C[C@H]12. The minimum absolute atomic E-state index is 0.00333. The summed E-state index contributed by atoms with van der Waals surface area (Å²) >= 11 is 0. The lowest BCUT2D eigenvalue weighted by Crippen LogP contribution is -2.45. The van der Waals surface area contributed by atoms with Gasteiger partial charge in [0.05, 0.1) is 12.2 Å². The van der Waals surface area contributed by atoms with E-state index >= 15 is 0 Å². The third-order valence-corrected chi connectivity index (χ3v) is 7.41. The molecule has 1 aromatic heterocycles. The fraction of sp³-hybridized carbons (Fsp3) is 0.696. The molecular formula is C23H33NO3. The van der Waals surface area contributed by atoms with E-state index in [0.717, 1.165) is 44.4 Å². The normalized spacial score (nSPS) is 36.8. The van der Waals surface area contributed by atoms with Crippen LogP contribution in [0.1, 0.15) is 58.1 Å². The third kappa shape index (κ3) is 3.73. The number of nitrogens with one attached hydrogen (secondary N) is 1. The van der Waals surface area contributed by atoms with Crippen LogP contribution in [0.4, 0.5) is 0 Å². The molecule has 0 bridgehead atoms. The Kier molecular flexibility index (Phi) is 5.19. The molecule has 4 rings (SSSR count). The van der Waals surface area contributed by atoms with Gasteiger partial charge in [-0.05, 0) is 68.9 Å². The van der Waals surface area contributed by atoms with E-state index in [0.29, 0.717) is 17.9 Å². The summed E-state index contributed by atoms with van der Waals surface area (Å²) < 4.78 is 11.3. The van der Waals surface area contributed by atoms with Gasteiger partial charge in [0, 0.05) is 24.9 Å². The van der Waals surface area contributed by atoms with Crippen molar-refractivity contribution in [3.63, 3.8) is 0 Å². The van der Waals surface area contributed by atoms with E-state index in [-0.39, 0.29) is 23.4 Å². The fourth-order valence-corrected chi connectivity index (χ4v) is 5.73. The van der Waals surface area contributed by atoms with Crippen molar-refractivity contribution in [2.24, 2.45) is 23.2 Å². The molecule has 3 fully saturated rings. The number of hydrogen-bond donors (Lipinski definition) is 1. The van der Waals surface area contributed by atoms with Gasteiger partial charge in [-0.1, -0.05) is 19.1 Å². The van der Waals surface area contributed by atoms with Crippen molar-refractivity contribution in [3.05, 3.63) is 36.3 Å². The third-order valence-electron chi connectivity index (χ3n) is 7.41. The molecule has 0 amide bonds. The average molecular weight is 372 g/mol. The maximum atomic E-state index is 12.6. The van der Waals surface area contributed by atoms with E-state index in [2.05, 4.69) is 25.7 Å². The van der Waals surface area contributed by atoms with Crippen LogP contribution < -0.4 is 5.32 Å². The zero-order valence-corrected chi connectivity index (χ0v) is 16.7. The smallest absolute Gasteiger partial charge is 0.310 e. The monoisotopic (exact) mass is 371 g/mol. The minimum atomic E-state index is -0.0136. The molecule has 1 aromatic rings. The number of ether oxygens (including phenoxy) is 1. The topological polar surface area (TPSA) is 51.5 Å². The van der Waals surface area contributed by atoms with Crippen LogP contribution in [-0.2, 0) is 16.0 Å². The van der Waals surface area contributed by atoms with Crippen molar-refractivity contribution >= 4 is 5.97 Å². The first-order valence-electron chi connectivity index (χ1n) is 10.6. The first kappa shape index (κ1) is 18.8. The highest BCUT2D eigenvalue weighted by molar-refractivity contribution is 5.75. The van der Waals surface area contributed by atoms with Gasteiger partial charge in [-0.3, -0.25) is 4.79 Å². The molecule has 4 nitrogen and oxygen atoms in total. The van der Waals surface area contributed by atoms with E-state index < -0.39 is 0 Å². The second-order valence-electron chi connectivity index (χ2n) is 9.33. The maximum absolute atomic E-state index is 12.6. The van der Waals surface area contributed by atoms with Gasteiger partial charge in [0.25, 0.3) is 0 Å². The Morgan fingerprint density at radius 1 is 1.44 bits per heavy atom. The zero-order chi connectivity index (χ0) is 19.0. The Morgan fingerprint density at radius 2 is 2.30 bits per heavy atom. The van der Waals surface area contributed by atoms with Crippen LogP contribution in [0.25, 0.3) is 0 Å². The van der Waals surface area contributed by atoms with Gasteiger partial charge in [-0.15, -0.1) is 0 Å². The standard InChI is InChI=1S/C23H33NO3/c1-15-6-4-10-23(3)13-21-18(12-20(15)23)19(22(25)27-21)14-24-16(2)8-9-17-7-5-11-26-17/h5,7,11,16,18-21,24H,1,4,6,8-10,12-14H2,2-3H3/t16-,18+,19-,20-,21+,23-/m1/s1. The van der Waals surface area contributed by atoms with Crippen LogP contribution in [0.2, 0.25) is 0 Å². The molecule has 2 aliphatic carbocycles. The molecule has 0 unspecified atom stereocenters. The van der Waals surface area contributed by atoms with Crippen molar-refractivity contribution < 1.29 is 13.9 Å². The number of fused-ring (bicyclic) bond motifs is 2. The number of aryl methyl sites for hydroxylation is 1. The van der Waals surface area contributed by atoms with Crippen molar-refractivity contribution in [2.75, 3.05) is 6.54 Å². The quantitative estimate of drug-likeness (QED) is 0.591. The van der Waals surface area contributed by atoms with Crippen LogP contribution in [0.15, 0.2) is 35.0 Å². The Morgan fingerprint density at radius 3 is 3.07 bits per heavy atom. The first-order chi connectivity index (χ1) is 13.0. The van der Waals surface area contributed by atoms with Gasteiger partial charge in [-0.2, -0.15) is 0 Å². The maximum Gasteiger partial charge on any atom is 0.310 e. The largest absolute Gasteiger partial charge is 0.469 e. The molecule has 4 heteroatoms. The number of allylic oxidation sites excluding steroid dienone is 1. The highest BCUT2D eigenvalue weighted by Gasteiger charge is 2.54. The van der Waals surface area contributed by atoms with E-state index in [9.17, 15) is 4.79 Å². The number of hydrogen-bond acceptors (Lipinski definition) is 4. The summed E-state index contributed by atoms with van der Waals surface area (Å²) in [4.78, 5) is 12.6. The van der Waals surface area contributed by atoms with Gasteiger partial charge in [0.2, 0.25) is 0 Å². The van der Waals surface area contributed by atoms with Crippen molar-refractivity contribution in [1.29, 1.82) is 0 Å². The predicted molar refractivity (Wildman–Crippen MR) is 105 cm³/mol. The molecule has 3 aliphatic rings. The van der Waals surface area contributed by atoms with Crippen molar-refractivity contribution in [1.82, 2.24) is 5.32 Å². The summed E-state index contributed by atoms with van der Waals surface area (Å²) in [5.41, 5.74) is 1.68. The molecule has 1 aliphatic heterocycles. The molecule has 0 spiro atoms. The van der Waals surface area contributed by atoms with Gasteiger partial charge >= 0.3 is 5.97 Å². The average Bonchev–Trinajstić information content (AvgIpc) is 3.23. The number of carbonyl (C=O) groups excluding carboxylic acids is 1. The van der Waals surface area contributed by atoms with Gasteiger partial charge in [-0.25, -0.2) is 0 Å². The van der Waals surface area contributed by atoms with Gasteiger partial charge in [0.1, 0.15) is 11.9 Å². The Balaban J connectivity index is 1.34. The van der Waals surface area contributed by atoms with Crippen molar-refractivity contribution in [3.8, 4) is 0 Å². The summed E-state index contributed by atoms with van der Waals surface area (Å²) in [7, 11) is 0. The Hall–Kier alpha value is -1.55. The van der Waals surface area contributed by atoms with E-state index in [4.69, 9.17) is 9.15 Å². The molecule has 2 heterocycles. The number of carbonyl (C=O) groups is 1. The minimum Gasteiger partial charge on any atom is -0.469 e. The summed E-state index contributed by atoms with van der Waals surface area (Å²) in [5, 5.41) is 3.58. The van der Waals surface area contributed by atoms with Crippen LogP contribution in [0.3, 0.4) is 0 Å². The zero-order valence-electron chi connectivity index (χ0n) is 16.7. The van der Waals surface area contributed by atoms with Gasteiger partial charge < -0.3 is 14.5 Å². The predicted octanol–water partition coefficient (Wildman–Crippen LogP) is 4.50. The lowest BCUT2D eigenvalue weighted by atomic mass is 9.55. The van der Waals surface area contributed by atoms with Crippen LogP contribution in [-0.4, -0.2) is 24.7 Å². The van der Waals surface area contributed by atoms with Gasteiger partial charge in [0.15, 0.2) is 0 Å². The molecule has 1 saturated heterocycles. The number of furan rings is 1. The molecule has 27 heavy (non-hydrogen) atoms. The molecule has 0 radical (unpaired) electrons. The Labute approximate surface area is 162 Å². The first-order valence-corrected chi connectivity index (χ1v) is 10.6. The summed E-state index contributed by atoms with van der Waals surface area (Å²) in [6.45, 7) is 9.66.